The lowest BCUT2D eigenvalue weighted by Crippen LogP contribution is -2.52. The number of piperidine rings is 1. The minimum atomic E-state index is -0.622. The Balaban J connectivity index is 1.36. The highest BCUT2D eigenvalue weighted by molar-refractivity contribution is 6.05. The van der Waals surface area contributed by atoms with Gasteiger partial charge in [0.15, 0.2) is 0 Å². The van der Waals surface area contributed by atoms with Gasteiger partial charge in [0.25, 0.3) is 5.91 Å². The van der Waals surface area contributed by atoms with Crippen molar-refractivity contribution in [2.75, 3.05) is 0 Å². The average molecular weight is 439 g/mol. The maximum Gasteiger partial charge on any atom is 0.255 e. The van der Waals surface area contributed by atoms with Gasteiger partial charge in [-0.15, -0.1) is 0 Å². The maximum absolute atomic E-state index is 13.0. The molecular formula is C25H21N5O3. The van der Waals surface area contributed by atoms with Crippen molar-refractivity contribution in [3.8, 4) is 22.6 Å². The first kappa shape index (κ1) is 19.5. The summed E-state index contributed by atoms with van der Waals surface area (Å²) < 4.78 is 1.98. The Hall–Kier alpha value is -4.20. The Bertz CT molecular complexity index is 1430. The Labute approximate surface area is 189 Å². The molecule has 164 valence electrons. The molecular weight excluding hydrogens is 418 g/mol. The normalized spacial score (nSPS) is 18.2. The molecule has 3 amide bonds. The van der Waals surface area contributed by atoms with E-state index in [2.05, 4.69) is 27.4 Å². The molecule has 0 aliphatic carbocycles. The highest BCUT2D eigenvalue weighted by Crippen LogP contribution is 2.35. The zero-order valence-electron chi connectivity index (χ0n) is 18.0. The van der Waals surface area contributed by atoms with Gasteiger partial charge in [0, 0.05) is 42.0 Å². The van der Waals surface area contributed by atoms with Crippen LogP contribution >= 0.6 is 0 Å². The summed E-state index contributed by atoms with van der Waals surface area (Å²) in [6, 6.07) is 15.3. The predicted octanol–water partition coefficient (Wildman–Crippen LogP) is 3.00. The number of H-pyrrole nitrogens is 1. The smallest absolute Gasteiger partial charge is 0.255 e. The average Bonchev–Trinajstić information content (AvgIpc) is 3.48. The second kappa shape index (κ2) is 7.16. The highest BCUT2D eigenvalue weighted by atomic mass is 16.2. The number of rotatable bonds is 3. The molecule has 2 aromatic heterocycles. The molecule has 1 atom stereocenters. The molecule has 6 rings (SSSR count). The van der Waals surface area contributed by atoms with Crippen molar-refractivity contribution in [1.82, 2.24) is 24.8 Å². The Morgan fingerprint density at radius 1 is 1.06 bits per heavy atom. The first-order chi connectivity index (χ1) is 16.0. The van der Waals surface area contributed by atoms with E-state index in [9.17, 15) is 14.4 Å². The summed E-state index contributed by atoms with van der Waals surface area (Å²) in [5, 5.41) is 3.47. The number of benzene rings is 2. The number of amides is 3. The number of aryl methyl sites for hydroxylation is 1. The zero-order valence-corrected chi connectivity index (χ0v) is 18.0. The molecule has 0 bridgehead atoms. The SMILES string of the molecule is Cn1cnc(-c2ccc3c(c2)CN([C@H]2CCC(=O)NC2=O)C3=O)c1-c1cc2ccccc2[nH]1. The van der Waals surface area contributed by atoms with Gasteiger partial charge in [0.1, 0.15) is 6.04 Å². The van der Waals surface area contributed by atoms with Crippen LogP contribution in [-0.4, -0.2) is 43.2 Å². The second-order valence-corrected chi connectivity index (χ2v) is 8.59. The van der Waals surface area contributed by atoms with Crippen molar-refractivity contribution < 1.29 is 14.4 Å². The molecule has 8 nitrogen and oxygen atoms in total. The molecule has 0 unspecified atom stereocenters. The summed E-state index contributed by atoms with van der Waals surface area (Å²) in [4.78, 5) is 46.5. The third-order valence-electron chi connectivity index (χ3n) is 6.52. The molecule has 4 aromatic rings. The van der Waals surface area contributed by atoms with E-state index in [1.165, 1.54) is 0 Å². The summed E-state index contributed by atoms with van der Waals surface area (Å²) in [6.07, 6.45) is 2.37. The van der Waals surface area contributed by atoms with Gasteiger partial charge in [-0.2, -0.15) is 0 Å². The minimum Gasteiger partial charge on any atom is -0.353 e. The third kappa shape index (κ3) is 3.06. The summed E-state index contributed by atoms with van der Waals surface area (Å²) in [5.41, 5.74) is 6.14. The van der Waals surface area contributed by atoms with Crippen molar-refractivity contribution in [2.45, 2.75) is 25.4 Å². The lowest BCUT2D eigenvalue weighted by atomic mass is 10.0. The van der Waals surface area contributed by atoms with Gasteiger partial charge in [-0.1, -0.05) is 24.3 Å². The predicted molar refractivity (Wildman–Crippen MR) is 122 cm³/mol. The van der Waals surface area contributed by atoms with Crippen LogP contribution in [0.3, 0.4) is 0 Å². The standard InChI is InChI=1S/C25H21N5O3/c1-29-13-26-22(23(29)19-11-14-4-2-3-5-18(14)27-19)15-6-7-17-16(10-15)12-30(25(17)33)20-8-9-21(31)28-24(20)32/h2-7,10-11,13,20,27H,8-9,12H2,1H3,(H,28,31,32)/t20-/m0/s1. The molecule has 2 N–H and O–H groups in total. The van der Waals surface area contributed by atoms with Gasteiger partial charge >= 0.3 is 0 Å². The molecule has 8 heteroatoms. The van der Waals surface area contributed by atoms with Crippen LogP contribution in [0.4, 0.5) is 0 Å². The molecule has 1 fully saturated rings. The molecule has 4 heterocycles. The second-order valence-electron chi connectivity index (χ2n) is 8.59. The van der Waals surface area contributed by atoms with Gasteiger partial charge in [0.05, 0.1) is 23.4 Å². The van der Waals surface area contributed by atoms with Crippen LogP contribution in [-0.2, 0) is 23.2 Å². The fourth-order valence-corrected chi connectivity index (χ4v) is 4.88. The number of carbonyl (C=O) groups is 3. The number of hydrogen-bond donors (Lipinski definition) is 2. The van der Waals surface area contributed by atoms with Crippen LogP contribution in [0.2, 0.25) is 0 Å². The fourth-order valence-electron chi connectivity index (χ4n) is 4.88. The quantitative estimate of drug-likeness (QED) is 0.479. The van der Waals surface area contributed by atoms with Gasteiger partial charge in [-0.05, 0) is 36.2 Å². The van der Waals surface area contributed by atoms with E-state index >= 15 is 0 Å². The molecule has 2 aliphatic rings. The number of aromatic nitrogens is 3. The van der Waals surface area contributed by atoms with E-state index in [0.717, 1.165) is 39.1 Å². The minimum absolute atomic E-state index is 0.178. The van der Waals surface area contributed by atoms with E-state index < -0.39 is 11.9 Å². The van der Waals surface area contributed by atoms with Crippen LogP contribution in [0.5, 0.6) is 0 Å². The van der Waals surface area contributed by atoms with Crippen molar-refractivity contribution in [3.05, 3.63) is 66.0 Å². The molecule has 2 aliphatic heterocycles. The number of aromatic amines is 1. The Kier molecular flexibility index (Phi) is 4.23. The number of carbonyl (C=O) groups excluding carboxylic acids is 3. The monoisotopic (exact) mass is 439 g/mol. The van der Waals surface area contributed by atoms with Gasteiger partial charge in [0.2, 0.25) is 11.8 Å². The first-order valence-electron chi connectivity index (χ1n) is 10.9. The number of imide groups is 1. The van der Waals surface area contributed by atoms with E-state index in [1.807, 2.05) is 48.0 Å². The number of hydrogen-bond acceptors (Lipinski definition) is 4. The van der Waals surface area contributed by atoms with Crippen molar-refractivity contribution in [3.63, 3.8) is 0 Å². The van der Waals surface area contributed by atoms with E-state index in [4.69, 9.17) is 0 Å². The topological polar surface area (TPSA) is 100 Å². The van der Waals surface area contributed by atoms with Crippen LogP contribution in [0, 0.1) is 0 Å². The van der Waals surface area contributed by atoms with Crippen molar-refractivity contribution in [2.24, 2.45) is 7.05 Å². The van der Waals surface area contributed by atoms with Gasteiger partial charge in [-0.3, -0.25) is 19.7 Å². The van der Waals surface area contributed by atoms with E-state index in [0.29, 0.717) is 18.5 Å². The maximum atomic E-state index is 13.0. The molecule has 0 spiro atoms. The largest absolute Gasteiger partial charge is 0.353 e. The van der Waals surface area contributed by atoms with Crippen LogP contribution in [0.25, 0.3) is 33.5 Å². The highest BCUT2D eigenvalue weighted by Gasteiger charge is 2.39. The zero-order chi connectivity index (χ0) is 22.7. The lowest BCUT2D eigenvalue weighted by Gasteiger charge is -2.29. The Morgan fingerprint density at radius 3 is 2.73 bits per heavy atom. The van der Waals surface area contributed by atoms with Gasteiger partial charge in [-0.25, -0.2) is 4.98 Å². The molecule has 0 radical (unpaired) electrons. The van der Waals surface area contributed by atoms with Crippen LogP contribution < -0.4 is 5.32 Å². The summed E-state index contributed by atoms with van der Waals surface area (Å²) >= 11 is 0. The fraction of sp³-hybridized carbons (Fsp3) is 0.200. The van der Waals surface area contributed by atoms with E-state index in [1.54, 1.807) is 11.2 Å². The summed E-state index contributed by atoms with van der Waals surface area (Å²) in [6.45, 7) is 0.336. The molecule has 2 aromatic carbocycles. The van der Waals surface area contributed by atoms with E-state index in [-0.39, 0.29) is 18.2 Å². The molecule has 33 heavy (non-hydrogen) atoms. The third-order valence-corrected chi connectivity index (χ3v) is 6.52. The van der Waals surface area contributed by atoms with Crippen LogP contribution in [0.1, 0.15) is 28.8 Å². The molecule has 0 saturated carbocycles. The van der Waals surface area contributed by atoms with Crippen molar-refractivity contribution in [1.29, 1.82) is 0 Å². The van der Waals surface area contributed by atoms with Crippen LogP contribution in [0.15, 0.2) is 54.9 Å². The number of nitrogens with one attached hydrogen (secondary N) is 2. The molecule has 1 saturated heterocycles. The number of fused-ring (bicyclic) bond motifs is 2. The number of nitrogens with zero attached hydrogens (tertiary/aromatic N) is 3. The Morgan fingerprint density at radius 2 is 1.91 bits per heavy atom. The first-order valence-corrected chi connectivity index (χ1v) is 10.9. The van der Waals surface area contributed by atoms with Gasteiger partial charge < -0.3 is 14.5 Å². The number of imidazole rings is 1. The number of para-hydroxylation sites is 1. The lowest BCUT2D eigenvalue weighted by molar-refractivity contribution is -0.136. The summed E-state index contributed by atoms with van der Waals surface area (Å²) in [7, 11) is 1.96. The summed E-state index contributed by atoms with van der Waals surface area (Å²) in [5.74, 6) is -0.872. The van der Waals surface area contributed by atoms with Crippen molar-refractivity contribution >= 4 is 28.6 Å².